The zero-order valence-corrected chi connectivity index (χ0v) is 11.8. The predicted octanol–water partition coefficient (Wildman–Crippen LogP) is 1.20. The lowest BCUT2D eigenvalue weighted by Crippen LogP contribution is -2.51. The average molecular weight is 246 g/mol. The maximum absolute atomic E-state index is 11.9. The molecule has 5 heteroatoms. The van der Waals surface area contributed by atoms with Crippen molar-refractivity contribution in [3.05, 3.63) is 0 Å². The molecule has 1 amide bonds. The molecule has 0 heterocycles. The molecule has 5 nitrogen and oxygen atoms in total. The number of rotatable bonds is 4. The molecule has 0 radical (unpaired) electrons. The lowest BCUT2D eigenvalue weighted by atomic mass is 9.83. The third-order valence-corrected chi connectivity index (χ3v) is 3.10. The van der Waals surface area contributed by atoms with Gasteiger partial charge in [-0.2, -0.15) is 0 Å². The van der Waals surface area contributed by atoms with E-state index in [0.29, 0.717) is 6.54 Å². The molecule has 0 spiro atoms. The number of amides is 1. The Hall–Kier alpha value is -0.810. The molecule has 102 valence electrons. The van der Waals surface area contributed by atoms with Crippen molar-refractivity contribution in [3.63, 3.8) is 0 Å². The van der Waals surface area contributed by atoms with Gasteiger partial charge in [0.05, 0.1) is 6.61 Å². The van der Waals surface area contributed by atoms with E-state index in [1.165, 1.54) is 4.90 Å². The summed E-state index contributed by atoms with van der Waals surface area (Å²) in [4.78, 5) is 13.3. The molecule has 0 aromatic carbocycles. The summed E-state index contributed by atoms with van der Waals surface area (Å²) < 4.78 is 5.27. The van der Waals surface area contributed by atoms with Crippen LogP contribution in [0.4, 0.5) is 4.79 Å². The quantitative estimate of drug-likeness (QED) is 0.781. The Bertz CT molecular complexity index is 257. The summed E-state index contributed by atoms with van der Waals surface area (Å²) in [6.07, 6.45) is -0.405. The molecule has 2 atom stereocenters. The molecule has 0 saturated heterocycles. The molecule has 0 bridgehead atoms. The first-order valence-corrected chi connectivity index (χ1v) is 5.84. The van der Waals surface area contributed by atoms with Crippen molar-refractivity contribution in [3.8, 4) is 0 Å². The van der Waals surface area contributed by atoms with Crippen LogP contribution in [0.5, 0.6) is 0 Å². The third kappa shape index (κ3) is 4.52. The van der Waals surface area contributed by atoms with Crippen molar-refractivity contribution in [2.45, 2.75) is 46.3 Å². The highest BCUT2D eigenvalue weighted by Gasteiger charge is 2.35. The van der Waals surface area contributed by atoms with Crippen molar-refractivity contribution < 1.29 is 14.6 Å². The number of nitrogens with two attached hydrogens (primary N) is 1. The maximum Gasteiger partial charge on any atom is 0.410 e. The van der Waals surface area contributed by atoms with E-state index in [-0.39, 0.29) is 12.6 Å². The first-order valence-electron chi connectivity index (χ1n) is 5.84. The minimum Gasteiger partial charge on any atom is -0.444 e. The normalized spacial score (nSPS) is 17.2. The molecule has 0 saturated carbocycles. The third-order valence-electron chi connectivity index (χ3n) is 3.10. The summed E-state index contributed by atoms with van der Waals surface area (Å²) in [5.74, 6) is 0. The first-order chi connectivity index (χ1) is 7.57. The Kier molecular flexibility index (Phi) is 5.42. The van der Waals surface area contributed by atoms with Crippen LogP contribution in [0, 0.1) is 5.41 Å². The monoisotopic (exact) mass is 246 g/mol. The van der Waals surface area contributed by atoms with Gasteiger partial charge in [-0.05, 0) is 27.7 Å². The highest BCUT2D eigenvalue weighted by atomic mass is 16.6. The average Bonchev–Trinajstić information content (AvgIpc) is 2.23. The predicted molar refractivity (Wildman–Crippen MR) is 67.7 cm³/mol. The summed E-state index contributed by atoms with van der Waals surface area (Å²) in [5.41, 5.74) is 4.60. The van der Waals surface area contributed by atoms with Crippen LogP contribution in [0.1, 0.15) is 34.6 Å². The molecule has 2 unspecified atom stereocenters. The largest absolute Gasteiger partial charge is 0.444 e. The Morgan fingerprint density at radius 1 is 1.41 bits per heavy atom. The Morgan fingerprint density at radius 3 is 2.18 bits per heavy atom. The van der Waals surface area contributed by atoms with E-state index in [1.807, 2.05) is 34.6 Å². The molecule has 0 aliphatic carbocycles. The molecule has 3 N–H and O–H groups in total. The van der Waals surface area contributed by atoms with Crippen molar-refractivity contribution >= 4 is 6.09 Å². The van der Waals surface area contributed by atoms with E-state index in [9.17, 15) is 9.90 Å². The van der Waals surface area contributed by atoms with Gasteiger partial charge < -0.3 is 20.5 Å². The number of nitrogens with zero attached hydrogens (tertiary/aromatic N) is 1. The Morgan fingerprint density at radius 2 is 1.88 bits per heavy atom. The molecule has 17 heavy (non-hydrogen) atoms. The minimum atomic E-state index is -0.524. The van der Waals surface area contributed by atoms with Crippen LogP contribution in [0.15, 0.2) is 0 Å². The molecule has 0 aromatic rings. The number of hydrogen-bond donors (Lipinski definition) is 2. The van der Waals surface area contributed by atoms with Crippen molar-refractivity contribution in [2.75, 3.05) is 20.2 Å². The SMILES string of the molecule is CC(N(C)C(=O)OC(C)(C)C)C(C)(CN)CO. The van der Waals surface area contributed by atoms with Crippen molar-refractivity contribution in [2.24, 2.45) is 11.1 Å². The lowest BCUT2D eigenvalue weighted by molar-refractivity contribution is 0.000235. The minimum absolute atomic E-state index is 0.0716. The van der Waals surface area contributed by atoms with Gasteiger partial charge in [0.15, 0.2) is 0 Å². The Balaban J connectivity index is 4.70. The van der Waals surface area contributed by atoms with E-state index in [4.69, 9.17) is 10.5 Å². The van der Waals surface area contributed by atoms with Crippen LogP contribution in [0.25, 0.3) is 0 Å². The summed E-state index contributed by atoms with van der Waals surface area (Å²) in [7, 11) is 1.66. The maximum atomic E-state index is 11.9. The zero-order valence-electron chi connectivity index (χ0n) is 11.8. The highest BCUT2D eigenvalue weighted by Crippen LogP contribution is 2.24. The van der Waals surface area contributed by atoms with E-state index < -0.39 is 17.1 Å². The van der Waals surface area contributed by atoms with Gasteiger partial charge in [-0.25, -0.2) is 4.79 Å². The van der Waals surface area contributed by atoms with Crippen LogP contribution in [0.2, 0.25) is 0 Å². The number of aliphatic hydroxyl groups is 1. The Labute approximate surface area is 104 Å². The fourth-order valence-electron chi connectivity index (χ4n) is 1.33. The molecular formula is C12H26N2O3. The lowest BCUT2D eigenvalue weighted by Gasteiger charge is -2.39. The topological polar surface area (TPSA) is 75.8 Å². The smallest absolute Gasteiger partial charge is 0.410 e. The van der Waals surface area contributed by atoms with Gasteiger partial charge >= 0.3 is 6.09 Å². The second-order valence-electron chi connectivity index (χ2n) is 5.78. The summed E-state index contributed by atoms with van der Waals surface area (Å²) in [5, 5.41) is 9.36. The molecule has 0 aliphatic rings. The first kappa shape index (κ1) is 16.2. The number of aliphatic hydroxyl groups excluding tert-OH is 1. The van der Waals surface area contributed by atoms with Gasteiger partial charge in [0, 0.05) is 25.0 Å². The molecule has 0 rings (SSSR count). The van der Waals surface area contributed by atoms with E-state index >= 15 is 0 Å². The van der Waals surface area contributed by atoms with Crippen molar-refractivity contribution in [1.29, 1.82) is 0 Å². The van der Waals surface area contributed by atoms with Crippen LogP contribution < -0.4 is 5.73 Å². The van der Waals surface area contributed by atoms with Gasteiger partial charge in [-0.1, -0.05) is 6.92 Å². The second-order valence-corrected chi connectivity index (χ2v) is 5.78. The van der Waals surface area contributed by atoms with Crippen LogP contribution >= 0.6 is 0 Å². The van der Waals surface area contributed by atoms with Gasteiger partial charge in [-0.3, -0.25) is 0 Å². The highest BCUT2D eigenvalue weighted by molar-refractivity contribution is 5.68. The van der Waals surface area contributed by atoms with Crippen LogP contribution in [-0.4, -0.2) is 47.9 Å². The van der Waals surface area contributed by atoms with Gasteiger partial charge in [0.2, 0.25) is 0 Å². The zero-order chi connectivity index (χ0) is 13.9. The second kappa shape index (κ2) is 5.69. The standard InChI is InChI=1S/C12H26N2O3/c1-9(12(5,7-13)8-15)14(6)10(16)17-11(2,3)4/h9,15H,7-8,13H2,1-6H3. The number of carbonyl (C=O) groups is 1. The summed E-state index contributed by atoms with van der Waals surface area (Å²) in [6.45, 7) is 9.38. The molecular weight excluding hydrogens is 220 g/mol. The fraction of sp³-hybridized carbons (Fsp3) is 0.917. The van der Waals surface area contributed by atoms with Gasteiger partial charge in [-0.15, -0.1) is 0 Å². The summed E-state index contributed by atoms with van der Waals surface area (Å²) in [6, 6.07) is -0.202. The van der Waals surface area contributed by atoms with Crippen LogP contribution in [-0.2, 0) is 4.74 Å². The molecule has 0 aliphatic heterocycles. The van der Waals surface area contributed by atoms with Gasteiger partial charge in [0.1, 0.15) is 5.60 Å². The van der Waals surface area contributed by atoms with Gasteiger partial charge in [0.25, 0.3) is 0 Å². The number of ether oxygens (including phenoxy) is 1. The number of carbonyl (C=O) groups excluding carboxylic acids is 1. The molecule has 0 fully saturated rings. The summed E-state index contributed by atoms with van der Waals surface area (Å²) >= 11 is 0. The fourth-order valence-corrected chi connectivity index (χ4v) is 1.33. The van der Waals surface area contributed by atoms with Crippen LogP contribution in [0.3, 0.4) is 0 Å². The number of hydrogen-bond acceptors (Lipinski definition) is 4. The van der Waals surface area contributed by atoms with E-state index in [0.717, 1.165) is 0 Å². The van der Waals surface area contributed by atoms with Crippen molar-refractivity contribution in [1.82, 2.24) is 4.90 Å². The van der Waals surface area contributed by atoms with E-state index in [2.05, 4.69) is 0 Å². The van der Waals surface area contributed by atoms with E-state index in [1.54, 1.807) is 7.05 Å². The molecule has 0 aromatic heterocycles.